The lowest BCUT2D eigenvalue weighted by molar-refractivity contribution is -0.134. The van der Waals surface area contributed by atoms with Crippen LogP contribution in [0.2, 0.25) is 0 Å². The van der Waals surface area contributed by atoms with E-state index in [1.807, 2.05) is 35.2 Å². The summed E-state index contributed by atoms with van der Waals surface area (Å²) in [5, 5.41) is 6.47. The molecular formula is C29H31FN4O2. The molecule has 1 saturated heterocycles. The normalized spacial score (nSPS) is 18.3. The van der Waals surface area contributed by atoms with Crippen molar-refractivity contribution in [1.29, 1.82) is 0 Å². The molecule has 1 amide bonds. The third-order valence-electron chi connectivity index (χ3n) is 6.96. The topological polar surface area (TPSA) is 48.4 Å². The molecule has 3 aromatic carbocycles. The average molecular weight is 487 g/mol. The van der Waals surface area contributed by atoms with Crippen molar-refractivity contribution in [3.05, 3.63) is 95.3 Å². The summed E-state index contributed by atoms with van der Waals surface area (Å²) >= 11 is 0. The van der Waals surface area contributed by atoms with E-state index in [-0.39, 0.29) is 24.3 Å². The smallest absolute Gasteiger partial charge is 0.257 e. The summed E-state index contributed by atoms with van der Waals surface area (Å²) < 4.78 is 19.6. The van der Waals surface area contributed by atoms with Gasteiger partial charge in [0.15, 0.2) is 0 Å². The first-order valence-corrected chi connectivity index (χ1v) is 12.3. The van der Waals surface area contributed by atoms with Gasteiger partial charge in [-0.15, -0.1) is 0 Å². The van der Waals surface area contributed by atoms with E-state index in [0.29, 0.717) is 38.3 Å². The Kier molecular flexibility index (Phi) is 7.00. The minimum absolute atomic E-state index is 0.0298. The summed E-state index contributed by atoms with van der Waals surface area (Å²) in [5.74, 6) is 0.525. The van der Waals surface area contributed by atoms with E-state index >= 15 is 0 Å². The van der Waals surface area contributed by atoms with Crippen molar-refractivity contribution < 1.29 is 13.9 Å². The highest BCUT2D eigenvalue weighted by atomic mass is 19.1. The largest absolute Gasteiger partial charge is 0.497 e. The van der Waals surface area contributed by atoms with Gasteiger partial charge in [-0.1, -0.05) is 54.1 Å². The first kappa shape index (κ1) is 24.0. The van der Waals surface area contributed by atoms with E-state index < -0.39 is 0 Å². The van der Waals surface area contributed by atoms with Crippen molar-refractivity contribution in [3.63, 3.8) is 0 Å². The highest BCUT2D eigenvalue weighted by molar-refractivity contribution is 6.03. The van der Waals surface area contributed by atoms with Crippen molar-refractivity contribution >= 4 is 17.3 Å². The van der Waals surface area contributed by atoms with E-state index in [4.69, 9.17) is 9.84 Å². The minimum atomic E-state index is -0.209. The second kappa shape index (κ2) is 10.5. The van der Waals surface area contributed by atoms with Crippen molar-refractivity contribution in [2.45, 2.75) is 19.4 Å². The lowest BCUT2D eigenvalue weighted by Crippen LogP contribution is -2.49. The molecule has 7 heteroatoms. The predicted octanol–water partition coefficient (Wildman–Crippen LogP) is 4.64. The standard InChI is InChI=1S/C29H31FN4O2/c1-21-10-12-22(13-11-21)28-19-26(23-6-5-7-24(18-23)36-2)31-34(28)29(35)20-32-14-16-33(17-15-32)27-9-4-3-8-25(27)30/h3-13,18,28H,14-17,19-20H2,1-2H3. The summed E-state index contributed by atoms with van der Waals surface area (Å²) in [6.07, 6.45) is 0.642. The number of methoxy groups -OCH3 is 1. The number of anilines is 1. The van der Waals surface area contributed by atoms with Crippen LogP contribution < -0.4 is 9.64 Å². The molecule has 3 aromatic rings. The molecular weight excluding hydrogens is 455 g/mol. The Labute approximate surface area is 211 Å². The van der Waals surface area contributed by atoms with E-state index in [2.05, 4.69) is 36.1 Å². The van der Waals surface area contributed by atoms with Crippen molar-refractivity contribution in [2.75, 3.05) is 44.7 Å². The van der Waals surface area contributed by atoms with Gasteiger partial charge >= 0.3 is 0 Å². The second-order valence-corrected chi connectivity index (χ2v) is 9.36. The van der Waals surface area contributed by atoms with Crippen LogP contribution in [0.15, 0.2) is 77.9 Å². The maximum absolute atomic E-state index is 14.2. The molecule has 0 aliphatic carbocycles. The Morgan fingerprint density at radius 1 is 1.00 bits per heavy atom. The van der Waals surface area contributed by atoms with Crippen LogP contribution in [0.1, 0.15) is 29.2 Å². The zero-order valence-corrected chi connectivity index (χ0v) is 20.7. The first-order chi connectivity index (χ1) is 17.5. The molecule has 0 bridgehead atoms. The van der Waals surface area contributed by atoms with Crippen LogP contribution in [-0.4, -0.2) is 61.4 Å². The maximum Gasteiger partial charge on any atom is 0.257 e. The molecule has 0 saturated carbocycles. The highest BCUT2D eigenvalue weighted by Crippen LogP contribution is 2.34. The van der Waals surface area contributed by atoms with Crippen LogP contribution in [0.4, 0.5) is 10.1 Å². The monoisotopic (exact) mass is 486 g/mol. The number of nitrogens with zero attached hydrogens (tertiary/aromatic N) is 4. The molecule has 36 heavy (non-hydrogen) atoms. The van der Waals surface area contributed by atoms with E-state index in [9.17, 15) is 9.18 Å². The quantitative estimate of drug-likeness (QED) is 0.509. The van der Waals surface area contributed by atoms with Gasteiger partial charge in [-0.05, 0) is 36.8 Å². The molecule has 0 radical (unpaired) electrons. The number of aryl methyl sites for hydroxylation is 1. The van der Waals surface area contributed by atoms with Crippen LogP contribution in [0.5, 0.6) is 5.75 Å². The van der Waals surface area contributed by atoms with Gasteiger partial charge in [-0.2, -0.15) is 5.10 Å². The number of piperazine rings is 1. The van der Waals surface area contributed by atoms with Crippen LogP contribution in [0.25, 0.3) is 0 Å². The second-order valence-electron chi connectivity index (χ2n) is 9.36. The fourth-order valence-corrected chi connectivity index (χ4v) is 4.88. The average Bonchev–Trinajstić information content (AvgIpc) is 3.36. The first-order valence-electron chi connectivity index (χ1n) is 12.3. The van der Waals surface area contributed by atoms with Crippen LogP contribution >= 0.6 is 0 Å². The number of rotatable bonds is 6. The van der Waals surface area contributed by atoms with E-state index in [1.54, 1.807) is 24.3 Å². The van der Waals surface area contributed by atoms with Crippen LogP contribution in [-0.2, 0) is 4.79 Å². The molecule has 1 fully saturated rings. The summed E-state index contributed by atoms with van der Waals surface area (Å²) in [5.41, 5.74) is 4.70. The molecule has 6 nitrogen and oxygen atoms in total. The SMILES string of the molecule is COc1cccc(C2=NN(C(=O)CN3CCN(c4ccccc4F)CC3)C(c3ccc(C)cc3)C2)c1. The molecule has 5 rings (SSSR count). The van der Waals surface area contributed by atoms with Crippen molar-refractivity contribution in [1.82, 2.24) is 9.91 Å². The molecule has 186 valence electrons. The molecule has 0 aromatic heterocycles. The molecule has 1 unspecified atom stereocenters. The third kappa shape index (κ3) is 5.11. The van der Waals surface area contributed by atoms with Crippen LogP contribution in [0, 0.1) is 12.7 Å². The fraction of sp³-hybridized carbons (Fsp3) is 0.310. The van der Waals surface area contributed by atoms with E-state index in [1.165, 1.54) is 11.6 Å². The van der Waals surface area contributed by atoms with Gasteiger partial charge in [0, 0.05) is 38.2 Å². The Morgan fingerprint density at radius 2 is 1.75 bits per heavy atom. The van der Waals surface area contributed by atoms with Gasteiger partial charge in [0.2, 0.25) is 0 Å². The maximum atomic E-state index is 14.2. The number of hydrogen-bond acceptors (Lipinski definition) is 5. The number of carbonyl (C=O) groups is 1. The van der Waals surface area contributed by atoms with Gasteiger partial charge in [-0.25, -0.2) is 9.40 Å². The summed E-state index contributed by atoms with van der Waals surface area (Å²) in [4.78, 5) is 17.7. The Morgan fingerprint density at radius 3 is 2.47 bits per heavy atom. The van der Waals surface area contributed by atoms with Crippen molar-refractivity contribution in [2.24, 2.45) is 5.10 Å². The summed E-state index contributed by atoms with van der Waals surface area (Å²) in [7, 11) is 1.65. The molecule has 2 heterocycles. The molecule has 0 N–H and O–H groups in total. The number of carbonyl (C=O) groups excluding carboxylic acids is 1. The van der Waals surface area contributed by atoms with Crippen molar-refractivity contribution in [3.8, 4) is 5.75 Å². The zero-order valence-electron chi connectivity index (χ0n) is 20.7. The lowest BCUT2D eigenvalue weighted by Gasteiger charge is -2.36. The summed E-state index contributed by atoms with van der Waals surface area (Å²) in [6.45, 7) is 5.07. The Bertz CT molecular complexity index is 1250. The molecule has 0 spiro atoms. The third-order valence-corrected chi connectivity index (χ3v) is 6.96. The number of ether oxygens (including phenoxy) is 1. The number of benzene rings is 3. The van der Waals surface area contributed by atoms with Gasteiger partial charge in [0.25, 0.3) is 5.91 Å². The number of hydrogen-bond donors (Lipinski definition) is 0. The van der Waals surface area contributed by atoms with Gasteiger partial charge in [0.1, 0.15) is 11.6 Å². The van der Waals surface area contributed by atoms with E-state index in [0.717, 1.165) is 22.6 Å². The Balaban J connectivity index is 1.32. The minimum Gasteiger partial charge on any atom is -0.497 e. The molecule has 2 aliphatic rings. The Hall–Kier alpha value is -3.71. The lowest BCUT2D eigenvalue weighted by atomic mass is 9.97. The van der Waals surface area contributed by atoms with Gasteiger partial charge in [-0.3, -0.25) is 9.69 Å². The number of amides is 1. The summed E-state index contributed by atoms with van der Waals surface area (Å²) in [6, 6.07) is 22.8. The number of halogens is 1. The highest BCUT2D eigenvalue weighted by Gasteiger charge is 2.34. The number of hydrazone groups is 1. The molecule has 1 atom stereocenters. The fourth-order valence-electron chi connectivity index (χ4n) is 4.88. The van der Waals surface area contributed by atoms with Crippen LogP contribution in [0.3, 0.4) is 0 Å². The predicted molar refractivity (Wildman–Crippen MR) is 140 cm³/mol. The molecule has 2 aliphatic heterocycles. The van der Waals surface area contributed by atoms with Gasteiger partial charge in [0.05, 0.1) is 31.1 Å². The number of para-hydroxylation sites is 1. The zero-order chi connectivity index (χ0) is 25.1. The van der Waals surface area contributed by atoms with Gasteiger partial charge < -0.3 is 9.64 Å².